The number of hydrogen-bond donors (Lipinski definition) is 3. The summed E-state index contributed by atoms with van der Waals surface area (Å²) >= 11 is 0. The van der Waals surface area contributed by atoms with Crippen LogP contribution in [0.5, 0.6) is 0 Å². The van der Waals surface area contributed by atoms with Crippen LogP contribution < -0.4 is 5.32 Å². The van der Waals surface area contributed by atoms with Crippen LogP contribution in [-0.2, 0) is 0 Å². The van der Waals surface area contributed by atoms with E-state index in [1.165, 1.54) is 6.92 Å². The van der Waals surface area contributed by atoms with Gasteiger partial charge in [0, 0.05) is 17.5 Å². The predicted molar refractivity (Wildman–Crippen MR) is 95.0 cm³/mol. The summed E-state index contributed by atoms with van der Waals surface area (Å²) in [5, 5.41) is 21.5. The second-order valence-corrected chi connectivity index (χ2v) is 5.54. The summed E-state index contributed by atoms with van der Waals surface area (Å²) in [5.41, 5.74) is 1.08. The molecule has 0 spiro atoms. The van der Waals surface area contributed by atoms with Gasteiger partial charge in [-0.15, -0.1) is 11.8 Å². The Balaban J connectivity index is 2.49. The molecule has 0 radical (unpaired) electrons. The molecule has 4 nitrogen and oxygen atoms in total. The topological polar surface area (TPSA) is 69.6 Å². The molecule has 2 unspecified atom stereocenters. The molecule has 3 N–H and O–H groups in total. The van der Waals surface area contributed by atoms with E-state index in [1.54, 1.807) is 24.3 Å². The summed E-state index contributed by atoms with van der Waals surface area (Å²) in [5.74, 6) is 11.2. The fourth-order valence-corrected chi connectivity index (χ4v) is 2.10. The zero-order chi connectivity index (χ0) is 17.8. The number of unbranched alkanes of at least 4 members (excludes halogenated alkanes) is 3. The molecule has 0 fully saturated rings. The third kappa shape index (κ3) is 8.39. The van der Waals surface area contributed by atoms with Gasteiger partial charge in [0.15, 0.2) is 0 Å². The minimum atomic E-state index is -0.905. The molecular weight excluding hydrogens is 302 g/mol. The minimum absolute atomic E-state index is 0.357. The van der Waals surface area contributed by atoms with Crippen LogP contribution >= 0.6 is 0 Å². The molecule has 1 aromatic carbocycles. The van der Waals surface area contributed by atoms with Gasteiger partial charge in [0.1, 0.15) is 12.3 Å². The fourth-order valence-electron chi connectivity index (χ4n) is 2.10. The smallest absolute Gasteiger partial charge is 0.253 e. The van der Waals surface area contributed by atoms with Crippen molar-refractivity contribution in [1.29, 1.82) is 0 Å². The van der Waals surface area contributed by atoms with Crippen molar-refractivity contribution in [2.75, 3.05) is 0 Å². The molecule has 128 valence electrons. The molecule has 1 aromatic rings. The Bertz CT molecular complexity index is 644. The Morgan fingerprint density at radius 1 is 1.25 bits per heavy atom. The van der Waals surface area contributed by atoms with E-state index >= 15 is 0 Å². The monoisotopic (exact) mass is 327 g/mol. The lowest BCUT2D eigenvalue weighted by molar-refractivity contribution is 0.0819. The number of benzene rings is 1. The number of aliphatic hydroxyl groups is 2. The first-order valence-corrected chi connectivity index (χ1v) is 8.21. The van der Waals surface area contributed by atoms with Crippen LogP contribution in [-0.4, -0.2) is 28.5 Å². The van der Waals surface area contributed by atoms with Gasteiger partial charge in [-0.2, -0.15) is 0 Å². The number of hydrogen-bond acceptors (Lipinski definition) is 3. The Morgan fingerprint density at radius 3 is 2.75 bits per heavy atom. The molecule has 24 heavy (non-hydrogen) atoms. The van der Waals surface area contributed by atoms with Crippen LogP contribution in [0.25, 0.3) is 0 Å². The second kappa shape index (κ2) is 11.3. The van der Waals surface area contributed by atoms with Gasteiger partial charge in [-0.05, 0) is 51.3 Å². The molecule has 0 saturated heterocycles. The van der Waals surface area contributed by atoms with Crippen LogP contribution in [0, 0.1) is 23.7 Å². The molecule has 1 rings (SSSR count). The van der Waals surface area contributed by atoms with E-state index in [0.717, 1.165) is 25.7 Å². The number of aliphatic hydroxyl groups excluding tert-OH is 2. The van der Waals surface area contributed by atoms with Crippen molar-refractivity contribution in [2.24, 2.45) is 0 Å². The van der Waals surface area contributed by atoms with Crippen molar-refractivity contribution in [2.45, 2.75) is 58.3 Å². The summed E-state index contributed by atoms with van der Waals surface area (Å²) in [4.78, 5) is 11.8. The van der Waals surface area contributed by atoms with E-state index in [2.05, 4.69) is 29.0 Å². The molecule has 4 heteroatoms. The van der Waals surface area contributed by atoms with Gasteiger partial charge in [0.25, 0.3) is 5.91 Å². The highest BCUT2D eigenvalue weighted by molar-refractivity contribution is 5.94. The Kier molecular flexibility index (Phi) is 9.31. The first-order valence-electron chi connectivity index (χ1n) is 8.21. The molecule has 0 aliphatic carbocycles. The number of amides is 1. The van der Waals surface area contributed by atoms with E-state index in [0.29, 0.717) is 17.5 Å². The molecule has 0 bridgehead atoms. The zero-order valence-corrected chi connectivity index (χ0v) is 14.3. The van der Waals surface area contributed by atoms with Crippen LogP contribution in [0.2, 0.25) is 0 Å². The predicted octanol–water partition coefficient (Wildman–Crippen LogP) is 2.44. The molecule has 0 aliphatic heterocycles. The summed E-state index contributed by atoms with van der Waals surface area (Å²) in [6.45, 7) is 3.31. The van der Waals surface area contributed by atoms with Crippen molar-refractivity contribution in [1.82, 2.24) is 5.32 Å². The zero-order valence-electron chi connectivity index (χ0n) is 14.3. The maximum atomic E-state index is 11.8. The number of carbonyl (C=O) groups excluding carboxylic acids is 1. The molecular formula is C20H25NO3. The van der Waals surface area contributed by atoms with Crippen LogP contribution in [0.4, 0.5) is 0 Å². The largest absolute Gasteiger partial charge is 0.380 e. The quantitative estimate of drug-likeness (QED) is 0.409. The molecule has 2 atom stereocenters. The molecule has 0 aromatic heterocycles. The van der Waals surface area contributed by atoms with Crippen molar-refractivity contribution < 1.29 is 15.0 Å². The van der Waals surface area contributed by atoms with E-state index in [9.17, 15) is 15.0 Å². The van der Waals surface area contributed by atoms with E-state index in [4.69, 9.17) is 0 Å². The van der Waals surface area contributed by atoms with Gasteiger partial charge in [-0.25, -0.2) is 0 Å². The Labute approximate surface area is 144 Å². The van der Waals surface area contributed by atoms with Crippen LogP contribution in [0.1, 0.15) is 61.9 Å². The lowest BCUT2D eigenvalue weighted by atomic mass is 10.1. The van der Waals surface area contributed by atoms with Crippen molar-refractivity contribution in [3.63, 3.8) is 0 Å². The van der Waals surface area contributed by atoms with Crippen molar-refractivity contribution >= 4 is 5.91 Å². The maximum absolute atomic E-state index is 11.8. The highest BCUT2D eigenvalue weighted by Gasteiger charge is 2.07. The third-order valence-electron chi connectivity index (χ3n) is 3.30. The second-order valence-electron chi connectivity index (χ2n) is 5.54. The van der Waals surface area contributed by atoms with E-state index < -0.39 is 12.3 Å². The number of rotatable bonds is 7. The van der Waals surface area contributed by atoms with Gasteiger partial charge in [-0.3, -0.25) is 4.79 Å². The van der Waals surface area contributed by atoms with Crippen LogP contribution in [0.15, 0.2) is 24.3 Å². The Morgan fingerprint density at radius 2 is 2.04 bits per heavy atom. The molecule has 1 amide bonds. The summed E-state index contributed by atoms with van der Waals surface area (Å²) in [7, 11) is 0. The average Bonchev–Trinajstić information content (AvgIpc) is 2.56. The SMILES string of the molecule is CC#CCCCCCC(O)C#Cc1cccc(C(=O)NC(C)O)c1. The first kappa shape index (κ1) is 19.8. The summed E-state index contributed by atoms with van der Waals surface area (Å²) in [6, 6.07) is 6.80. The summed E-state index contributed by atoms with van der Waals surface area (Å²) in [6.07, 6.45) is 2.95. The lowest BCUT2D eigenvalue weighted by Gasteiger charge is -2.07. The first-order chi connectivity index (χ1) is 11.5. The van der Waals surface area contributed by atoms with Gasteiger partial charge in [-0.1, -0.05) is 24.3 Å². The van der Waals surface area contributed by atoms with Gasteiger partial charge < -0.3 is 15.5 Å². The van der Waals surface area contributed by atoms with Gasteiger partial charge in [0.05, 0.1) is 0 Å². The van der Waals surface area contributed by atoms with E-state index in [-0.39, 0.29) is 5.91 Å². The molecule has 0 heterocycles. The normalized spacial score (nSPS) is 12.2. The van der Waals surface area contributed by atoms with Gasteiger partial charge >= 0.3 is 0 Å². The highest BCUT2D eigenvalue weighted by Crippen LogP contribution is 2.07. The van der Waals surface area contributed by atoms with Crippen molar-refractivity contribution in [3.8, 4) is 23.7 Å². The number of carbonyl (C=O) groups is 1. The third-order valence-corrected chi connectivity index (χ3v) is 3.30. The van der Waals surface area contributed by atoms with Crippen LogP contribution in [0.3, 0.4) is 0 Å². The minimum Gasteiger partial charge on any atom is -0.380 e. The fraction of sp³-hybridized carbons (Fsp3) is 0.450. The Hall–Kier alpha value is -2.27. The van der Waals surface area contributed by atoms with Crippen molar-refractivity contribution in [3.05, 3.63) is 35.4 Å². The van der Waals surface area contributed by atoms with Gasteiger partial charge in [0.2, 0.25) is 0 Å². The average molecular weight is 327 g/mol. The molecule has 0 saturated carbocycles. The van der Waals surface area contributed by atoms with E-state index in [1.807, 2.05) is 6.92 Å². The molecule has 0 aliphatic rings. The lowest BCUT2D eigenvalue weighted by Crippen LogP contribution is -2.32. The standard InChI is InChI=1S/C20H25NO3/c1-3-4-5-6-7-8-12-19(23)14-13-17-10-9-11-18(15-17)20(24)21-16(2)22/h9-11,15-16,19,22-23H,5-8,12H2,1-2H3,(H,21,24). The summed E-state index contributed by atoms with van der Waals surface area (Å²) < 4.78 is 0. The highest BCUT2D eigenvalue weighted by atomic mass is 16.3. The number of nitrogens with one attached hydrogen (secondary N) is 1. The maximum Gasteiger partial charge on any atom is 0.253 e.